The Hall–Kier alpha value is -2.25. The number of morpholine rings is 1. The van der Waals surface area contributed by atoms with Gasteiger partial charge in [0.25, 0.3) is 5.91 Å². The molecule has 2 atom stereocenters. The molecule has 0 aliphatic carbocycles. The number of nitrogens with zero attached hydrogens (tertiary/aromatic N) is 5. The van der Waals surface area contributed by atoms with E-state index in [1.807, 2.05) is 17.0 Å². The quantitative estimate of drug-likeness (QED) is 0.792. The number of carbonyl (C=O) groups excluding carboxylic acids is 1. The molecule has 0 unspecified atom stereocenters. The first-order valence-corrected chi connectivity index (χ1v) is 10.6. The first kappa shape index (κ1) is 20.0. The molecule has 0 saturated carbocycles. The zero-order valence-electron chi connectivity index (χ0n) is 17.6. The molecule has 1 aromatic carbocycles. The second-order valence-electron chi connectivity index (χ2n) is 8.46. The summed E-state index contributed by atoms with van der Waals surface area (Å²) < 4.78 is 7.60. The fourth-order valence-electron chi connectivity index (χ4n) is 4.55. The Kier molecular flexibility index (Phi) is 5.96. The third-order valence-electron chi connectivity index (χ3n) is 6.07. The predicted molar refractivity (Wildman–Crippen MR) is 111 cm³/mol. The maximum atomic E-state index is 12.9. The average molecular weight is 398 g/mol. The molecule has 0 N–H and O–H groups in total. The molecule has 2 aliphatic heterocycles. The number of likely N-dealkylation sites (tertiary alicyclic amines) is 1. The molecule has 2 fully saturated rings. The zero-order valence-corrected chi connectivity index (χ0v) is 17.6. The summed E-state index contributed by atoms with van der Waals surface area (Å²) in [5.74, 6) is -0.0109. The number of ether oxygens (including phenoxy) is 1. The van der Waals surface area contributed by atoms with Crippen molar-refractivity contribution in [2.75, 3.05) is 26.2 Å². The summed E-state index contributed by atoms with van der Waals surface area (Å²) in [6, 6.07) is 8.74. The minimum absolute atomic E-state index is 0.0109. The third-order valence-corrected chi connectivity index (χ3v) is 6.07. The van der Waals surface area contributed by atoms with Gasteiger partial charge in [-0.3, -0.25) is 9.69 Å². The van der Waals surface area contributed by atoms with Crippen molar-refractivity contribution in [3.8, 4) is 0 Å². The lowest BCUT2D eigenvalue weighted by Gasteiger charge is -2.43. The Bertz CT molecular complexity index is 833. The van der Waals surface area contributed by atoms with Crippen molar-refractivity contribution < 1.29 is 9.53 Å². The van der Waals surface area contributed by atoms with E-state index in [1.54, 1.807) is 10.9 Å². The van der Waals surface area contributed by atoms with Gasteiger partial charge in [-0.2, -0.15) is 0 Å². The Balaban J connectivity index is 1.33. The molecular formula is C22H31N5O2. The highest BCUT2D eigenvalue weighted by Crippen LogP contribution is 2.22. The van der Waals surface area contributed by atoms with Gasteiger partial charge in [-0.1, -0.05) is 29.5 Å². The topological polar surface area (TPSA) is 63.5 Å². The number of carbonyl (C=O) groups is 1. The summed E-state index contributed by atoms with van der Waals surface area (Å²) in [6.45, 7) is 10.5. The molecule has 3 heterocycles. The van der Waals surface area contributed by atoms with Gasteiger partial charge < -0.3 is 9.64 Å². The van der Waals surface area contributed by atoms with Crippen molar-refractivity contribution in [2.45, 2.75) is 58.4 Å². The summed E-state index contributed by atoms with van der Waals surface area (Å²) in [5.41, 5.74) is 2.83. The Labute approximate surface area is 172 Å². The van der Waals surface area contributed by atoms with Crippen LogP contribution in [-0.2, 0) is 11.3 Å². The van der Waals surface area contributed by atoms with Gasteiger partial charge in [0, 0.05) is 32.2 Å². The van der Waals surface area contributed by atoms with Gasteiger partial charge in [0.1, 0.15) is 0 Å². The van der Waals surface area contributed by atoms with Crippen LogP contribution in [0.15, 0.2) is 30.5 Å². The Morgan fingerprint density at radius 2 is 1.83 bits per heavy atom. The number of hydrogen-bond acceptors (Lipinski definition) is 5. The summed E-state index contributed by atoms with van der Waals surface area (Å²) in [6.07, 6.45) is 4.33. The molecule has 4 rings (SSSR count). The molecule has 156 valence electrons. The maximum absolute atomic E-state index is 12.9. The first-order chi connectivity index (χ1) is 14.0. The van der Waals surface area contributed by atoms with Crippen LogP contribution < -0.4 is 0 Å². The number of piperidine rings is 1. The van der Waals surface area contributed by atoms with Gasteiger partial charge in [-0.25, -0.2) is 4.68 Å². The van der Waals surface area contributed by atoms with Crippen LogP contribution in [0.4, 0.5) is 0 Å². The number of rotatable bonds is 4. The Morgan fingerprint density at radius 1 is 1.14 bits per heavy atom. The smallest absolute Gasteiger partial charge is 0.276 e. The molecule has 1 amide bonds. The second-order valence-corrected chi connectivity index (χ2v) is 8.46. The number of aryl methyl sites for hydroxylation is 1. The van der Waals surface area contributed by atoms with E-state index in [1.165, 1.54) is 11.1 Å². The molecule has 2 aliphatic rings. The largest absolute Gasteiger partial charge is 0.373 e. The van der Waals surface area contributed by atoms with Crippen molar-refractivity contribution in [2.24, 2.45) is 0 Å². The molecule has 2 aromatic rings. The van der Waals surface area contributed by atoms with Crippen LogP contribution in [0.5, 0.6) is 0 Å². The van der Waals surface area contributed by atoms with Gasteiger partial charge in [0.2, 0.25) is 0 Å². The van der Waals surface area contributed by atoms with Crippen LogP contribution >= 0.6 is 0 Å². The van der Waals surface area contributed by atoms with Crippen LogP contribution in [0.2, 0.25) is 0 Å². The first-order valence-electron chi connectivity index (χ1n) is 10.6. The SMILES string of the molecule is Cc1ccccc1Cn1cc(C(=O)N2CCC(N3C[C@@H](C)O[C@@H](C)C3)CC2)nn1. The number of benzene rings is 1. The van der Waals surface area contributed by atoms with Crippen LogP contribution in [0, 0.1) is 6.92 Å². The van der Waals surface area contributed by atoms with E-state index < -0.39 is 0 Å². The molecule has 0 spiro atoms. The van der Waals surface area contributed by atoms with Crippen molar-refractivity contribution in [1.29, 1.82) is 0 Å². The monoisotopic (exact) mass is 397 g/mol. The van der Waals surface area contributed by atoms with E-state index in [-0.39, 0.29) is 18.1 Å². The molecule has 0 radical (unpaired) electrons. The van der Waals surface area contributed by atoms with Gasteiger partial charge in [-0.15, -0.1) is 5.10 Å². The molecule has 29 heavy (non-hydrogen) atoms. The van der Waals surface area contributed by atoms with Crippen molar-refractivity contribution in [3.05, 3.63) is 47.3 Å². The van der Waals surface area contributed by atoms with Crippen LogP contribution in [0.25, 0.3) is 0 Å². The fraction of sp³-hybridized carbons (Fsp3) is 0.591. The third kappa shape index (κ3) is 4.67. The van der Waals surface area contributed by atoms with Gasteiger partial charge in [0.05, 0.1) is 24.9 Å². The molecule has 7 heteroatoms. The number of hydrogen-bond donors (Lipinski definition) is 0. The summed E-state index contributed by atoms with van der Waals surface area (Å²) >= 11 is 0. The minimum Gasteiger partial charge on any atom is -0.373 e. The van der Waals surface area contributed by atoms with E-state index in [0.717, 1.165) is 39.0 Å². The maximum Gasteiger partial charge on any atom is 0.276 e. The standard InChI is InChI=1S/C22H31N5O2/c1-16-6-4-5-7-19(16)14-27-15-21(23-24-27)22(28)25-10-8-20(9-11-25)26-12-17(2)29-18(3)13-26/h4-7,15,17-18,20H,8-14H2,1-3H3/t17-,18+. The highest BCUT2D eigenvalue weighted by Gasteiger charge is 2.32. The van der Waals surface area contributed by atoms with Crippen LogP contribution in [0.3, 0.4) is 0 Å². The van der Waals surface area contributed by atoms with Crippen molar-refractivity contribution >= 4 is 5.91 Å². The Morgan fingerprint density at radius 3 is 2.52 bits per heavy atom. The highest BCUT2D eigenvalue weighted by atomic mass is 16.5. The summed E-state index contributed by atoms with van der Waals surface area (Å²) in [4.78, 5) is 17.4. The minimum atomic E-state index is -0.0109. The van der Waals surface area contributed by atoms with Gasteiger partial charge >= 0.3 is 0 Å². The van der Waals surface area contributed by atoms with Gasteiger partial charge in [-0.05, 0) is 44.7 Å². The van der Waals surface area contributed by atoms with E-state index in [0.29, 0.717) is 18.3 Å². The lowest BCUT2D eigenvalue weighted by molar-refractivity contribution is -0.0856. The molecule has 1 aromatic heterocycles. The lowest BCUT2D eigenvalue weighted by Crippen LogP contribution is -2.53. The van der Waals surface area contributed by atoms with E-state index in [9.17, 15) is 4.79 Å². The average Bonchev–Trinajstić information content (AvgIpc) is 3.17. The summed E-state index contributed by atoms with van der Waals surface area (Å²) in [7, 11) is 0. The van der Waals surface area contributed by atoms with Gasteiger partial charge in [0.15, 0.2) is 5.69 Å². The number of aromatic nitrogens is 3. The summed E-state index contributed by atoms with van der Waals surface area (Å²) in [5, 5.41) is 8.31. The second kappa shape index (κ2) is 8.63. The molecule has 2 saturated heterocycles. The van der Waals surface area contributed by atoms with E-state index in [2.05, 4.69) is 48.1 Å². The van der Waals surface area contributed by atoms with E-state index >= 15 is 0 Å². The molecule has 7 nitrogen and oxygen atoms in total. The van der Waals surface area contributed by atoms with Crippen LogP contribution in [0.1, 0.15) is 48.3 Å². The zero-order chi connectivity index (χ0) is 20.4. The number of amides is 1. The van der Waals surface area contributed by atoms with Crippen molar-refractivity contribution in [1.82, 2.24) is 24.8 Å². The van der Waals surface area contributed by atoms with E-state index in [4.69, 9.17) is 4.74 Å². The van der Waals surface area contributed by atoms with Crippen molar-refractivity contribution in [3.63, 3.8) is 0 Å². The highest BCUT2D eigenvalue weighted by molar-refractivity contribution is 5.92. The van der Waals surface area contributed by atoms with Crippen LogP contribution in [-0.4, -0.2) is 75.1 Å². The molecule has 0 bridgehead atoms. The normalized spacial score (nSPS) is 24.0. The molecular weight excluding hydrogens is 366 g/mol. The predicted octanol–water partition coefficient (Wildman–Crippen LogP) is 2.35. The fourth-order valence-corrected chi connectivity index (χ4v) is 4.55. The lowest BCUT2D eigenvalue weighted by atomic mass is 10.0.